The van der Waals surface area contributed by atoms with Crippen molar-refractivity contribution in [3.05, 3.63) is 67.8 Å². The van der Waals surface area contributed by atoms with Crippen LogP contribution in [0, 0.1) is 20.2 Å². The fourth-order valence-corrected chi connectivity index (χ4v) is 3.36. The Kier molecular flexibility index (Phi) is 8.70. The summed E-state index contributed by atoms with van der Waals surface area (Å²) in [5.41, 5.74) is -0.581. The standard InChI is InChI=1S/2C11H11NO6/c2*13-11(14)7-1-2-9(12(15)16)10(5-7)18-8-3-4-17-6-8/h2*1-2,5,8H,3-4,6H2,(H,13,14). The van der Waals surface area contributed by atoms with Gasteiger partial charge in [0.05, 0.1) is 47.4 Å². The minimum atomic E-state index is -1.16. The molecule has 2 heterocycles. The maximum absolute atomic E-state index is 10.8. The van der Waals surface area contributed by atoms with Gasteiger partial charge >= 0.3 is 23.3 Å². The number of aromatic carboxylic acids is 2. The minimum absolute atomic E-state index is 0.0320. The highest BCUT2D eigenvalue weighted by atomic mass is 16.6. The molecule has 2 aliphatic heterocycles. The van der Waals surface area contributed by atoms with E-state index in [1.54, 1.807) is 0 Å². The summed E-state index contributed by atoms with van der Waals surface area (Å²) in [4.78, 5) is 42.1. The lowest BCUT2D eigenvalue weighted by Gasteiger charge is -2.12. The maximum Gasteiger partial charge on any atom is 0.335 e. The third-order valence-corrected chi connectivity index (χ3v) is 5.17. The monoisotopic (exact) mass is 506 g/mol. The smallest absolute Gasteiger partial charge is 0.335 e. The third kappa shape index (κ3) is 6.86. The van der Waals surface area contributed by atoms with Crippen molar-refractivity contribution in [2.75, 3.05) is 26.4 Å². The van der Waals surface area contributed by atoms with Crippen LogP contribution in [0.3, 0.4) is 0 Å². The van der Waals surface area contributed by atoms with Gasteiger partial charge in [0.2, 0.25) is 0 Å². The van der Waals surface area contributed by atoms with E-state index in [0.29, 0.717) is 39.3 Å². The quantitative estimate of drug-likeness (QED) is 0.392. The third-order valence-electron chi connectivity index (χ3n) is 5.17. The van der Waals surface area contributed by atoms with Crippen LogP contribution in [0.4, 0.5) is 11.4 Å². The van der Waals surface area contributed by atoms with Gasteiger partial charge in [0.1, 0.15) is 12.2 Å². The van der Waals surface area contributed by atoms with Crippen LogP contribution in [0.2, 0.25) is 0 Å². The van der Waals surface area contributed by atoms with Crippen LogP contribution in [0.25, 0.3) is 0 Å². The maximum atomic E-state index is 10.8. The topological polar surface area (TPSA) is 198 Å². The first kappa shape index (κ1) is 26.3. The predicted molar refractivity (Wildman–Crippen MR) is 120 cm³/mol. The Bertz CT molecular complexity index is 1050. The van der Waals surface area contributed by atoms with Crippen LogP contribution in [-0.2, 0) is 9.47 Å². The van der Waals surface area contributed by atoms with Crippen molar-refractivity contribution in [2.24, 2.45) is 0 Å². The molecular weight excluding hydrogens is 484 g/mol. The number of ether oxygens (including phenoxy) is 4. The van der Waals surface area contributed by atoms with Crippen molar-refractivity contribution in [1.29, 1.82) is 0 Å². The zero-order valence-electron chi connectivity index (χ0n) is 18.7. The molecule has 14 nitrogen and oxygen atoms in total. The van der Waals surface area contributed by atoms with Crippen LogP contribution in [0.5, 0.6) is 11.5 Å². The molecular formula is C22H22N2O12. The van der Waals surface area contributed by atoms with E-state index in [-0.39, 0.29) is 46.2 Å². The first-order valence-electron chi connectivity index (χ1n) is 10.7. The molecule has 2 unspecified atom stereocenters. The lowest BCUT2D eigenvalue weighted by molar-refractivity contribution is -0.386. The molecule has 2 fully saturated rings. The van der Waals surface area contributed by atoms with Crippen LogP contribution >= 0.6 is 0 Å². The lowest BCUT2D eigenvalue weighted by Crippen LogP contribution is -2.16. The van der Waals surface area contributed by atoms with Gasteiger partial charge in [0, 0.05) is 37.1 Å². The molecule has 192 valence electrons. The van der Waals surface area contributed by atoms with Crippen molar-refractivity contribution in [1.82, 2.24) is 0 Å². The average molecular weight is 506 g/mol. The number of nitro benzene ring substituents is 2. The summed E-state index contributed by atoms with van der Waals surface area (Å²) in [6.07, 6.45) is 0.726. The Morgan fingerprint density at radius 2 is 1.17 bits per heavy atom. The second-order valence-corrected chi connectivity index (χ2v) is 7.70. The van der Waals surface area contributed by atoms with Crippen LogP contribution in [0.1, 0.15) is 33.6 Å². The van der Waals surface area contributed by atoms with Gasteiger partial charge in [-0.05, 0) is 12.1 Å². The van der Waals surface area contributed by atoms with Gasteiger partial charge in [0.15, 0.2) is 11.5 Å². The highest BCUT2D eigenvalue weighted by Crippen LogP contribution is 2.31. The fourth-order valence-electron chi connectivity index (χ4n) is 3.36. The zero-order valence-corrected chi connectivity index (χ0v) is 18.7. The summed E-state index contributed by atoms with van der Waals surface area (Å²) in [5, 5.41) is 39.3. The van der Waals surface area contributed by atoms with E-state index in [1.165, 1.54) is 24.3 Å². The fraction of sp³-hybridized carbons (Fsp3) is 0.364. The number of carboxylic acid groups (broad SMARTS) is 2. The van der Waals surface area contributed by atoms with Crippen LogP contribution in [-0.4, -0.2) is 70.6 Å². The van der Waals surface area contributed by atoms with Crippen LogP contribution < -0.4 is 9.47 Å². The summed E-state index contributed by atoms with van der Waals surface area (Å²) >= 11 is 0. The zero-order chi connectivity index (χ0) is 26.2. The normalized spacial score (nSPS) is 18.6. The van der Waals surface area contributed by atoms with Crippen molar-refractivity contribution < 1.29 is 48.6 Å². The number of nitrogens with zero attached hydrogens (tertiary/aromatic N) is 2. The van der Waals surface area contributed by atoms with Gasteiger partial charge in [-0.3, -0.25) is 20.2 Å². The van der Waals surface area contributed by atoms with Crippen molar-refractivity contribution in [3.8, 4) is 11.5 Å². The number of benzene rings is 2. The van der Waals surface area contributed by atoms with Gasteiger partial charge < -0.3 is 29.2 Å². The average Bonchev–Trinajstić information content (AvgIpc) is 3.53. The molecule has 0 aromatic heterocycles. The number of carbonyl (C=O) groups is 2. The summed E-state index contributed by atoms with van der Waals surface area (Å²) in [7, 11) is 0. The molecule has 36 heavy (non-hydrogen) atoms. The molecule has 2 aromatic rings. The lowest BCUT2D eigenvalue weighted by atomic mass is 10.2. The van der Waals surface area contributed by atoms with Crippen molar-refractivity contribution >= 4 is 23.3 Å². The molecule has 0 saturated carbocycles. The first-order chi connectivity index (χ1) is 17.2. The molecule has 0 aliphatic carbocycles. The van der Waals surface area contributed by atoms with E-state index >= 15 is 0 Å². The van der Waals surface area contributed by atoms with Gasteiger partial charge in [-0.25, -0.2) is 9.59 Å². The number of nitro groups is 2. The first-order valence-corrected chi connectivity index (χ1v) is 10.7. The molecule has 0 bridgehead atoms. The van der Waals surface area contributed by atoms with Gasteiger partial charge in [-0.15, -0.1) is 0 Å². The largest absolute Gasteiger partial charge is 0.481 e. The van der Waals surface area contributed by atoms with E-state index in [2.05, 4.69) is 0 Å². The Labute approximate surface area is 203 Å². The van der Waals surface area contributed by atoms with Crippen molar-refractivity contribution in [3.63, 3.8) is 0 Å². The van der Waals surface area contributed by atoms with Gasteiger partial charge in [0.25, 0.3) is 0 Å². The molecule has 4 rings (SSSR count). The van der Waals surface area contributed by atoms with E-state index in [0.717, 1.165) is 12.1 Å². The molecule has 2 aromatic carbocycles. The molecule has 14 heteroatoms. The van der Waals surface area contributed by atoms with Crippen molar-refractivity contribution in [2.45, 2.75) is 25.0 Å². The van der Waals surface area contributed by atoms with E-state index in [4.69, 9.17) is 29.2 Å². The summed E-state index contributed by atoms with van der Waals surface area (Å²) in [6.45, 7) is 1.79. The number of hydrogen-bond donors (Lipinski definition) is 2. The Morgan fingerprint density at radius 3 is 1.44 bits per heavy atom. The SMILES string of the molecule is O=C(O)c1ccc([N+](=O)[O-])c(OC2CCOC2)c1.O=C(O)c1ccc([N+](=O)[O-])c(OC2CCOC2)c1. The molecule has 0 radical (unpaired) electrons. The Hall–Kier alpha value is -4.30. The molecule has 2 saturated heterocycles. The molecule has 0 amide bonds. The highest BCUT2D eigenvalue weighted by molar-refractivity contribution is 5.89. The second kappa shape index (κ2) is 11.9. The van der Waals surface area contributed by atoms with E-state index in [1.807, 2.05) is 0 Å². The Balaban J connectivity index is 0.000000201. The summed E-state index contributed by atoms with van der Waals surface area (Å²) in [5.74, 6) is -2.37. The summed E-state index contributed by atoms with van der Waals surface area (Å²) < 4.78 is 21.0. The highest BCUT2D eigenvalue weighted by Gasteiger charge is 2.25. The Morgan fingerprint density at radius 1 is 0.778 bits per heavy atom. The van der Waals surface area contributed by atoms with Gasteiger partial charge in [-0.1, -0.05) is 0 Å². The van der Waals surface area contributed by atoms with E-state index < -0.39 is 21.8 Å². The molecule has 2 N–H and O–H groups in total. The van der Waals surface area contributed by atoms with Crippen LogP contribution in [0.15, 0.2) is 36.4 Å². The molecule has 2 atom stereocenters. The predicted octanol–water partition coefficient (Wildman–Crippen LogP) is 2.92. The second-order valence-electron chi connectivity index (χ2n) is 7.70. The number of carboxylic acids is 2. The van der Waals surface area contributed by atoms with Gasteiger partial charge in [-0.2, -0.15) is 0 Å². The van der Waals surface area contributed by atoms with E-state index in [9.17, 15) is 29.8 Å². The summed E-state index contributed by atoms with van der Waals surface area (Å²) in [6, 6.07) is 6.96. The number of rotatable bonds is 8. The molecule has 0 spiro atoms. The molecule has 2 aliphatic rings. The number of hydrogen-bond acceptors (Lipinski definition) is 10. The minimum Gasteiger partial charge on any atom is -0.481 e.